The predicted octanol–water partition coefficient (Wildman–Crippen LogP) is 3.96. The van der Waals surface area contributed by atoms with Gasteiger partial charge in [-0.25, -0.2) is 0 Å². The van der Waals surface area contributed by atoms with Crippen molar-refractivity contribution < 1.29 is 19.1 Å². The van der Waals surface area contributed by atoms with Crippen molar-refractivity contribution in [3.8, 4) is 12.1 Å². The Kier molecular flexibility index (Phi) is 14.2. The van der Waals surface area contributed by atoms with Crippen LogP contribution in [0.4, 0.5) is 0 Å². The molecule has 0 N–H and O–H groups in total. The molecule has 0 aliphatic heterocycles. The first kappa shape index (κ1) is 25.5. The normalized spacial score (nSPS) is 15.1. The van der Waals surface area contributed by atoms with Gasteiger partial charge in [-0.2, -0.15) is 20.8 Å². The highest BCUT2D eigenvalue weighted by Crippen LogP contribution is 2.15. The molecule has 0 bridgehead atoms. The van der Waals surface area contributed by atoms with E-state index in [2.05, 4.69) is 10.2 Å². The number of hydrogen-bond acceptors (Lipinski definition) is 8. The minimum Gasteiger partial charge on any atom is -0.465 e. The van der Waals surface area contributed by atoms with Crippen LogP contribution in [0.15, 0.2) is 10.2 Å². The summed E-state index contributed by atoms with van der Waals surface area (Å²) in [5, 5.41) is 26.6. The van der Waals surface area contributed by atoms with Crippen LogP contribution in [0.1, 0.15) is 66.2 Å². The van der Waals surface area contributed by atoms with Gasteiger partial charge in [0.2, 0.25) is 0 Å². The van der Waals surface area contributed by atoms with Crippen molar-refractivity contribution >= 4 is 11.9 Å². The van der Waals surface area contributed by atoms with Crippen molar-refractivity contribution in [3.05, 3.63) is 0 Å². The van der Waals surface area contributed by atoms with E-state index in [0.29, 0.717) is 13.2 Å². The summed E-state index contributed by atoms with van der Waals surface area (Å²) in [5.41, 5.74) is 0. The Hall–Kier alpha value is -2.48. The molecule has 28 heavy (non-hydrogen) atoms. The molecule has 4 unspecified atom stereocenters. The van der Waals surface area contributed by atoms with Crippen LogP contribution in [-0.2, 0) is 19.1 Å². The van der Waals surface area contributed by atoms with E-state index in [1.54, 1.807) is 13.8 Å². The minimum absolute atomic E-state index is 0.207. The summed E-state index contributed by atoms with van der Waals surface area (Å²) >= 11 is 0. The molecular weight excluding hydrogens is 360 g/mol. The van der Waals surface area contributed by atoms with Crippen molar-refractivity contribution in [2.45, 2.75) is 78.3 Å². The Morgan fingerprint density at radius 1 is 0.821 bits per heavy atom. The van der Waals surface area contributed by atoms with Crippen molar-refractivity contribution in [3.63, 3.8) is 0 Å². The lowest BCUT2D eigenvalue weighted by Crippen LogP contribution is -2.21. The monoisotopic (exact) mass is 392 g/mol. The van der Waals surface area contributed by atoms with Crippen LogP contribution >= 0.6 is 0 Å². The van der Waals surface area contributed by atoms with E-state index in [9.17, 15) is 9.59 Å². The van der Waals surface area contributed by atoms with Crippen molar-refractivity contribution in [1.82, 2.24) is 0 Å². The number of unbranched alkanes of at least 4 members (excludes halogenated alkanes) is 2. The predicted molar refractivity (Wildman–Crippen MR) is 103 cm³/mol. The maximum Gasteiger partial charge on any atom is 0.323 e. The van der Waals surface area contributed by atoms with E-state index in [4.69, 9.17) is 20.0 Å². The second kappa shape index (κ2) is 15.6. The molecule has 0 spiro atoms. The standard InChI is InChI=1S/C20H32N4O4/c1-5-7-9-27-19(25)17(13-21)11-15(3)23-24-16(4)12-18(14-22)20(26)28-10-8-6-2/h15-18H,5-12H2,1-4H3. The fraction of sp³-hybridized carbons (Fsp3) is 0.800. The summed E-state index contributed by atoms with van der Waals surface area (Å²) < 4.78 is 10.1. The second-order valence-corrected chi connectivity index (χ2v) is 6.81. The van der Waals surface area contributed by atoms with Crippen LogP contribution in [0, 0.1) is 34.5 Å². The maximum atomic E-state index is 11.9. The lowest BCUT2D eigenvalue weighted by atomic mass is 10.0. The van der Waals surface area contributed by atoms with Gasteiger partial charge in [0.25, 0.3) is 0 Å². The zero-order chi connectivity index (χ0) is 21.4. The highest BCUT2D eigenvalue weighted by Gasteiger charge is 2.24. The molecule has 0 aliphatic carbocycles. The Morgan fingerprint density at radius 2 is 1.18 bits per heavy atom. The summed E-state index contributed by atoms with van der Waals surface area (Å²) in [6.45, 7) is 8.10. The van der Waals surface area contributed by atoms with Gasteiger partial charge in [-0.15, -0.1) is 0 Å². The third-order valence-electron chi connectivity index (χ3n) is 3.98. The largest absolute Gasteiger partial charge is 0.465 e. The first-order valence-electron chi connectivity index (χ1n) is 9.91. The molecule has 0 fully saturated rings. The molecule has 0 rings (SSSR count). The molecular formula is C20H32N4O4. The number of nitriles is 2. The summed E-state index contributed by atoms with van der Waals surface area (Å²) in [6, 6.07) is 3.18. The van der Waals surface area contributed by atoms with Crippen LogP contribution in [0.3, 0.4) is 0 Å². The molecule has 0 aromatic rings. The lowest BCUT2D eigenvalue weighted by Gasteiger charge is -2.13. The SMILES string of the molecule is CCCCOC(=O)C(C#N)CC(C)N=NC(C)CC(C#N)C(=O)OCCCC. The van der Waals surface area contributed by atoms with E-state index < -0.39 is 23.8 Å². The molecule has 0 radical (unpaired) electrons. The van der Waals surface area contributed by atoms with Crippen LogP contribution in [0.25, 0.3) is 0 Å². The number of esters is 2. The molecule has 0 saturated heterocycles. The second-order valence-electron chi connectivity index (χ2n) is 6.81. The minimum atomic E-state index is -0.887. The zero-order valence-electron chi connectivity index (χ0n) is 17.4. The van der Waals surface area contributed by atoms with Crippen LogP contribution in [-0.4, -0.2) is 37.2 Å². The number of carbonyl (C=O) groups is 2. The van der Waals surface area contributed by atoms with Gasteiger partial charge in [-0.1, -0.05) is 26.7 Å². The van der Waals surface area contributed by atoms with Gasteiger partial charge in [0, 0.05) is 0 Å². The van der Waals surface area contributed by atoms with Crippen molar-refractivity contribution in [2.24, 2.45) is 22.1 Å². The Labute approximate surface area is 167 Å². The zero-order valence-corrected chi connectivity index (χ0v) is 17.4. The van der Waals surface area contributed by atoms with Gasteiger partial charge in [-0.05, 0) is 39.5 Å². The van der Waals surface area contributed by atoms with E-state index >= 15 is 0 Å². The van der Waals surface area contributed by atoms with Gasteiger partial charge < -0.3 is 9.47 Å². The Bertz CT molecular complexity index is 530. The third kappa shape index (κ3) is 11.3. The van der Waals surface area contributed by atoms with Gasteiger partial charge >= 0.3 is 11.9 Å². The van der Waals surface area contributed by atoms with E-state index in [0.717, 1.165) is 25.7 Å². The van der Waals surface area contributed by atoms with Crippen LogP contribution in [0.5, 0.6) is 0 Å². The first-order valence-corrected chi connectivity index (χ1v) is 9.91. The number of azo groups is 1. The van der Waals surface area contributed by atoms with Gasteiger partial charge in [0.1, 0.15) is 11.8 Å². The number of ether oxygens (including phenoxy) is 2. The molecule has 0 aliphatic rings. The molecule has 4 atom stereocenters. The number of hydrogen-bond donors (Lipinski definition) is 0. The molecule has 0 saturated carbocycles. The molecule has 156 valence electrons. The third-order valence-corrected chi connectivity index (χ3v) is 3.98. The summed E-state index contributed by atoms with van der Waals surface area (Å²) in [5.74, 6) is -2.85. The topological polar surface area (TPSA) is 125 Å². The fourth-order valence-corrected chi connectivity index (χ4v) is 2.24. The quantitative estimate of drug-likeness (QED) is 0.250. The van der Waals surface area contributed by atoms with Crippen molar-refractivity contribution in [2.75, 3.05) is 13.2 Å². The number of rotatable bonds is 14. The van der Waals surface area contributed by atoms with Gasteiger partial charge in [0.05, 0.1) is 37.4 Å². The van der Waals surface area contributed by atoms with Gasteiger partial charge in [0.15, 0.2) is 0 Å². The average Bonchev–Trinajstić information content (AvgIpc) is 2.68. The molecule has 8 nitrogen and oxygen atoms in total. The lowest BCUT2D eigenvalue weighted by molar-refractivity contribution is -0.147. The molecule has 0 heterocycles. The molecule has 0 aromatic carbocycles. The maximum absolute atomic E-state index is 11.9. The van der Waals surface area contributed by atoms with E-state index in [1.165, 1.54) is 0 Å². The smallest absolute Gasteiger partial charge is 0.323 e. The fourth-order valence-electron chi connectivity index (χ4n) is 2.24. The summed E-state index contributed by atoms with van der Waals surface area (Å²) in [6.07, 6.45) is 3.75. The van der Waals surface area contributed by atoms with Crippen LogP contribution < -0.4 is 0 Å². The molecule has 0 amide bonds. The van der Waals surface area contributed by atoms with E-state index in [1.807, 2.05) is 26.0 Å². The Balaban J connectivity index is 4.51. The first-order chi connectivity index (χ1) is 13.4. The Morgan fingerprint density at radius 3 is 1.46 bits per heavy atom. The molecule has 8 heteroatoms. The average molecular weight is 393 g/mol. The number of nitrogens with zero attached hydrogens (tertiary/aromatic N) is 4. The number of carbonyl (C=O) groups excluding carboxylic acids is 2. The van der Waals surface area contributed by atoms with Crippen LogP contribution in [0.2, 0.25) is 0 Å². The highest BCUT2D eigenvalue weighted by atomic mass is 16.5. The summed E-state index contributed by atoms with van der Waals surface area (Å²) in [4.78, 5) is 23.8. The summed E-state index contributed by atoms with van der Waals surface area (Å²) in [7, 11) is 0. The highest BCUT2D eigenvalue weighted by molar-refractivity contribution is 5.75. The van der Waals surface area contributed by atoms with Gasteiger partial charge in [-0.3, -0.25) is 9.59 Å². The van der Waals surface area contributed by atoms with Crippen molar-refractivity contribution in [1.29, 1.82) is 10.5 Å². The molecule has 0 aromatic heterocycles. The van der Waals surface area contributed by atoms with E-state index in [-0.39, 0.29) is 24.9 Å².